The van der Waals surface area contributed by atoms with Crippen molar-refractivity contribution >= 4 is 0 Å². The van der Waals surface area contributed by atoms with Crippen molar-refractivity contribution in [1.29, 1.82) is 0 Å². The zero-order valence-corrected chi connectivity index (χ0v) is 5.35. The zero-order chi connectivity index (χ0) is 7.52. The Kier molecular flexibility index (Phi) is 1.26. The van der Waals surface area contributed by atoms with E-state index in [0.29, 0.717) is 0 Å². The first kappa shape index (κ1) is 5.83. The van der Waals surface area contributed by atoms with Gasteiger partial charge in [0.25, 0.3) is 0 Å². The monoisotopic (exact) mass is 152 g/mol. The lowest BCUT2D eigenvalue weighted by Gasteiger charge is -1.89. The minimum atomic E-state index is 0.199. The second-order valence-electron chi connectivity index (χ2n) is 1.67. The molecule has 0 aliphatic rings. The molecule has 2 aromatic heterocycles. The summed E-state index contributed by atoms with van der Waals surface area (Å²) in [6.07, 6.45) is 2.81. The molecule has 0 atom stereocenters. The number of aromatic nitrogens is 6. The maximum atomic E-state index is 4.95. The molecule has 7 heteroatoms. The van der Waals surface area contributed by atoms with Gasteiger partial charge in [0, 0.05) is 0 Å². The summed E-state index contributed by atoms with van der Waals surface area (Å²) in [4.78, 5) is 7.42. The van der Waals surface area contributed by atoms with Crippen LogP contribution in [0, 0.1) is 0 Å². The van der Waals surface area contributed by atoms with Gasteiger partial charge in [0.15, 0.2) is 0 Å². The van der Waals surface area contributed by atoms with Gasteiger partial charge in [0.2, 0.25) is 0 Å². The van der Waals surface area contributed by atoms with Crippen molar-refractivity contribution in [3.05, 3.63) is 12.7 Å². The molecule has 2 heterocycles. The van der Waals surface area contributed by atoms with E-state index in [0.717, 1.165) is 0 Å². The molecule has 0 bridgehead atoms. The Hall–Kier alpha value is -1.92. The molecule has 0 radical (unpaired) electrons. The molecule has 0 saturated heterocycles. The van der Waals surface area contributed by atoms with Crippen molar-refractivity contribution in [2.45, 2.75) is 0 Å². The van der Waals surface area contributed by atoms with E-state index in [4.69, 9.17) is 4.74 Å². The molecule has 0 spiro atoms. The number of H-pyrrole nitrogens is 2. The second kappa shape index (κ2) is 2.37. The van der Waals surface area contributed by atoms with E-state index in [1.165, 1.54) is 12.7 Å². The number of nitrogens with one attached hydrogen (secondary N) is 2. The van der Waals surface area contributed by atoms with Crippen molar-refractivity contribution in [3.63, 3.8) is 0 Å². The molecule has 2 aromatic rings. The maximum absolute atomic E-state index is 4.95. The summed E-state index contributed by atoms with van der Waals surface area (Å²) in [5.41, 5.74) is 0. The fraction of sp³-hybridized carbons (Fsp3) is 0. The molecule has 56 valence electrons. The molecule has 7 nitrogen and oxygen atoms in total. The van der Waals surface area contributed by atoms with Crippen molar-refractivity contribution < 1.29 is 4.74 Å². The first-order chi connectivity index (χ1) is 5.45. The Bertz CT molecular complexity index is 267. The van der Waals surface area contributed by atoms with Gasteiger partial charge in [-0.3, -0.25) is 10.2 Å². The van der Waals surface area contributed by atoms with Crippen LogP contribution in [0.5, 0.6) is 12.0 Å². The van der Waals surface area contributed by atoms with Gasteiger partial charge in [0.05, 0.1) is 0 Å². The number of ether oxygens (including phenoxy) is 1. The van der Waals surface area contributed by atoms with Crippen molar-refractivity contribution in [1.82, 2.24) is 30.4 Å². The standard InChI is InChI=1S/C4H4N6O/c1-5-3(9-7-1)11-4-6-2-8-10-4/h1-2H,(H,5,7,9)(H,6,8,10). The van der Waals surface area contributed by atoms with Gasteiger partial charge in [-0.05, 0) is 0 Å². The molecule has 2 N–H and O–H groups in total. The third-order valence-corrected chi connectivity index (χ3v) is 0.968. The van der Waals surface area contributed by atoms with Crippen LogP contribution >= 0.6 is 0 Å². The lowest BCUT2D eigenvalue weighted by molar-refractivity contribution is 0.411. The Morgan fingerprint density at radius 1 is 1.00 bits per heavy atom. The summed E-state index contributed by atoms with van der Waals surface area (Å²) in [7, 11) is 0. The van der Waals surface area contributed by atoms with E-state index in [9.17, 15) is 0 Å². The molecule has 0 amide bonds. The van der Waals surface area contributed by atoms with Gasteiger partial charge in [0.1, 0.15) is 12.7 Å². The predicted octanol–water partition coefficient (Wildman–Crippen LogP) is -0.285. The highest BCUT2D eigenvalue weighted by Crippen LogP contribution is 2.07. The van der Waals surface area contributed by atoms with Gasteiger partial charge in [-0.2, -0.15) is 9.97 Å². The highest BCUT2D eigenvalue weighted by Gasteiger charge is 2.01. The van der Waals surface area contributed by atoms with E-state index in [2.05, 4.69) is 30.4 Å². The summed E-state index contributed by atoms with van der Waals surface area (Å²) in [6, 6.07) is 0.397. The van der Waals surface area contributed by atoms with Crippen LogP contribution in [0.3, 0.4) is 0 Å². The topological polar surface area (TPSA) is 92.4 Å². The Balaban J connectivity index is 2.14. The largest absolute Gasteiger partial charge is 0.386 e. The fourth-order valence-corrected chi connectivity index (χ4v) is 0.574. The normalized spacial score (nSPS) is 9.82. The number of hydrogen-bond donors (Lipinski definition) is 2. The molecule has 0 fully saturated rings. The quantitative estimate of drug-likeness (QED) is 0.617. The van der Waals surface area contributed by atoms with Gasteiger partial charge in [-0.15, -0.1) is 10.2 Å². The number of nitrogens with zero attached hydrogens (tertiary/aromatic N) is 4. The fourth-order valence-electron chi connectivity index (χ4n) is 0.574. The molecule has 2 rings (SSSR count). The van der Waals surface area contributed by atoms with Crippen LogP contribution in [-0.2, 0) is 0 Å². The Morgan fingerprint density at radius 2 is 1.55 bits per heavy atom. The van der Waals surface area contributed by atoms with Crippen LogP contribution in [0.25, 0.3) is 0 Å². The second-order valence-corrected chi connectivity index (χ2v) is 1.67. The summed E-state index contributed by atoms with van der Waals surface area (Å²) in [5.74, 6) is 0. The maximum Gasteiger partial charge on any atom is 0.343 e. The van der Waals surface area contributed by atoms with Crippen LogP contribution < -0.4 is 4.74 Å². The molecular formula is C4H4N6O. The first-order valence-corrected chi connectivity index (χ1v) is 2.84. The molecular weight excluding hydrogens is 148 g/mol. The summed E-state index contributed by atoms with van der Waals surface area (Å²) >= 11 is 0. The SMILES string of the molecule is c1nc(Oc2nc[nH]n2)n[nH]1. The first-order valence-electron chi connectivity index (χ1n) is 2.84. The van der Waals surface area contributed by atoms with Gasteiger partial charge >= 0.3 is 12.0 Å². The van der Waals surface area contributed by atoms with Gasteiger partial charge in [-0.1, -0.05) is 0 Å². The van der Waals surface area contributed by atoms with E-state index >= 15 is 0 Å². The molecule has 0 aliphatic carbocycles. The smallest absolute Gasteiger partial charge is 0.343 e. The molecule has 11 heavy (non-hydrogen) atoms. The van der Waals surface area contributed by atoms with Crippen LogP contribution in [0.15, 0.2) is 12.7 Å². The highest BCUT2D eigenvalue weighted by atomic mass is 16.5. The number of rotatable bonds is 2. The average molecular weight is 152 g/mol. The lowest BCUT2D eigenvalue weighted by Crippen LogP contribution is -1.87. The minimum Gasteiger partial charge on any atom is -0.386 e. The number of hydrogen-bond acceptors (Lipinski definition) is 5. The summed E-state index contributed by atoms with van der Waals surface area (Å²) in [5, 5.41) is 12.3. The van der Waals surface area contributed by atoms with Gasteiger partial charge in [-0.25, -0.2) is 0 Å². The minimum absolute atomic E-state index is 0.199. The number of aromatic amines is 2. The summed E-state index contributed by atoms with van der Waals surface area (Å²) in [6.45, 7) is 0. The predicted molar refractivity (Wildman–Crippen MR) is 32.8 cm³/mol. The van der Waals surface area contributed by atoms with Gasteiger partial charge < -0.3 is 4.74 Å². The van der Waals surface area contributed by atoms with E-state index in [1.807, 2.05) is 0 Å². The lowest BCUT2D eigenvalue weighted by atomic mass is 11.1. The third-order valence-electron chi connectivity index (χ3n) is 0.968. The molecule has 0 saturated carbocycles. The highest BCUT2D eigenvalue weighted by molar-refractivity contribution is 4.98. The zero-order valence-electron chi connectivity index (χ0n) is 5.35. The van der Waals surface area contributed by atoms with E-state index in [-0.39, 0.29) is 12.0 Å². The molecule has 0 aliphatic heterocycles. The van der Waals surface area contributed by atoms with Crippen molar-refractivity contribution in [2.24, 2.45) is 0 Å². The van der Waals surface area contributed by atoms with E-state index in [1.54, 1.807) is 0 Å². The van der Waals surface area contributed by atoms with Crippen LogP contribution in [0.1, 0.15) is 0 Å². The Morgan fingerprint density at radius 3 is 1.91 bits per heavy atom. The summed E-state index contributed by atoms with van der Waals surface area (Å²) < 4.78 is 4.95. The Labute approximate surface area is 60.8 Å². The molecule has 0 aromatic carbocycles. The van der Waals surface area contributed by atoms with Crippen LogP contribution in [-0.4, -0.2) is 30.4 Å². The van der Waals surface area contributed by atoms with Crippen LogP contribution in [0.4, 0.5) is 0 Å². The van der Waals surface area contributed by atoms with Crippen molar-refractivity contribution in [2.75, 3.05) is 0 Å². The average Bonchev–Trinajstić information content (AvgIpc) is 2.60. The molecule has 0 unspecified atom stereocenters. The van der Waals surface area contributed by atoms with Crippen LogP contribution in [0.2, 0.25) is 0 Å². The third kappa shape index (κ3) is 1.16. The van der Waals surface area contributed by atoms with Crippen molar-refractivity contribution in [3.8, 4) is 12.0 Å². The van der Waals surface area contributed by atoms with E-state index < -0.39 is 0 Å².